The molecule has 0 radical (unpaired) electrons. The van der Waals surface area contributed by atoms with Gasteiger partial charge in [0.25, 0.3) is 5.39 Å². The lowest BCUT2D eigenvalue weighted by atomic mass is 9.80. The molecule has 16 heteroatoms. The molecule has 5 N–H and O–H groups in total. The topological polar surface area (TPSA) is 197 Å². The summed E-state index contributed by atoms with van der Waals surface area (Å²) in [6, 6.07) is -1.21. The Morgan fingerprint density at radius 1 is 0.902 bits per heavy atom. The Morgan fingerprint density at radius 2 is 1.51 bits per heavy atom. The van der Waals surface area contributed by atoms with Crippen LogP contribution in [0, 0.1) is 11.3 Å². The zero-order valence-electron chi connectivity index (χ0n) is 23.4. The molecule has 1 saturated carbocycles. The van der Waals surface area contributed by atoms with Crippen LogP contribution in [0.3, 0.4) is 0 Å². The molecule has 1 amide bonds. The first-order valence-corrected chi connectivity index (χ1v) is 16.5. The third kappa shape index (κ3) is 14.8. The molecular weight excluding hydrogens is 580 g/mol. The Labute approximate surface area is 248 Å². The largest absolute Gasteiger partial charge is 0.394 e. The predicted molar refractivity (Wildman–Crippen MR) is 154 cm³/mol. The first-order chi connectivity index (χ1) is 20.0. The predicted octanol–water partition coefficient (Wildman–Crippen LogP) is 0.530. The van der Waals surface area contributed by atoms with Crippen molar-refractivity contribution in [3.05, 3.63) is 5.08 Å². The minimum absolute atomic E-state index is 0.0192. The molecule has 2 fully saturated rings. The molecule has 1 aliphatic carbocycles. The molecule has 14 nitrogen and oxygen atoms in total. The molecule has 1 aliphatic heterocycles. The molecular formula is C25H45N4O10S2+. The standard InChI is InChI=1S/C25H44N4O10S2/c26-29-28-19(18-3-1-4-18)5-2-15-40-41-16-14-38-13-12-37-11-10-36-9-8-35-7-6-21(31)27-22-24(33)23(32)20(17-30)39-25(22)34/h18,20,22-25,30,32-34H,1-17H2/p+1. The third-order valence-electron chi connectivity index (χ3n) is 6.62. The maximum atomic E-state index is 12.0. The van der Waals surface area contributed by atoms with Crippen LogP contribution in [0.4, 0.5) is 0 Å². The monoisotopic (exact) mass is 625 g/mol. The number of aliphatic hydroxyl groups excluding tert-OH is 4. The Hall–Kier alpha value is -1.10. The van der Waals surface area contributed by atoms with Crippen LogP contribution in [0.5, 0.6) is 0 Å². The molecule has 236 valence electrons. The Kier molecular flexibility index (Phi) is 19.8. The highest BCUT2D eigenvalue weighted by atomic mass is 33.1. The average Bonchev–Trinajstić information content (AvgIpc) is 2.93. The van der Waals surface area contributed by atoms with E-state index in [0.29, 0.717) is 45.6 Å². The number of diazo groups is 1. The summed E-state index contributed by atoms with van der Waals surface area (Å²) >= 11 is 0. The van der Waals surface area contributed by atoms with Gasteiger partial charge in [0.1, 0.15) is 30.1 Å². The van der Waals surface area contributed by atoms with Crippen molar-refractivity contribution in [2.24, 2.45) is 11.0 Å². The zero-order valence-corrected chi connectivity index (χ0v) is 25.0. The van der Waals surface area contributed by atoms with Gasteiger partial charge >= 0.3 is 5.08 Å². The van der Waals surface area contributed by atoms with Crippen LogP contribution in [0.1, 0.15) is 38.5 Å². The van der Waals surface area contributed by atoms with Gasteiger partial charge in [-0.05, 0) is 25.7 Å². The van der Waals surface area contributed by atoms with E-state index in [4.69, 9.17) is 34.2 Å². The second kappa shape index (κ2) is 22.4. The van der Waals surface area contributed by atoms with Crippen LogP contribution in [0.25, 0.3) is 5.08 Å². The minimum Gasteiger partial charge on any atom is -0.394 e. The van der Waals surface area contributed by atoms with Gasteiger partial charge in [-0.1, -0.05) is 28.0 Å². The van der Waals surface area contributed by atoms with Gasteiger partial charge in [0, 0.05) is 23.8 Å². The van der Waals surface area contributed by atoms with E-state index in [1.807, 2.05) is 10.8 Å². The third-order valence-corrected chi connectivity index (χ3v) is 9.08. The van der Waals surface area contributed by atoms with E-state index >= 15 is 0 Å². The van der Waals surface area contributed by atoms with Crippen LogP contribution in [0.2, 0.25) is 0 Å². The number of carbonyl (C=O) groups excluding carboxylic acids is 1. The Bertz CT molecular complexity index is 790. The SMILES string of the molecule is N#[N+]N=C(CCCSSCCOCCOCCOCCOCCC(=O)NC1C(O)OC(CO)C(O)C1O)C1CCC1. The number of hydrogen-bond acceptors (Lipinski definition) is 14. The van der Waals surface area contributed by atoms with E-state index in [1.165, 1.54) is 6.42 Å². The molecule has 0 aromatic rings. The van der Waals surface area contributed by atoms with Crippen LogP contribution in [-0.4, -0.2) is 134 Å². The quantitative estimate of drug-likeness (QED) is 0.0347. The summed E-state index contributed by atoms with van der Waals surface area (Å²) in [6.45, 7) is 2.66. The average molecular weight is 626 g/mol. The molecule has 0 aromatic heterocycles. The first kappa shape index (κ1) is 36.1. The highest BCUT2D eigenvalue weighted by Crippen LogP contribution is 2.30. The van der Waals surface area contributed by atoms with Crippen molar-refractivity contribution in [1.29, 1.82) is 5.39 Å². The summed E-state index contributed by atoms with van der Waals surface area (Å²) in [6.07, 6.45) is -0.143. The van der Waals surface area contributed by atoms with Crippen LogP contribution >= 0.6 is 21.6 Å². The molecule has 5 unspecified atom stereocenters. The van der Waals surface area contributed by atoms with Crippen molar-refractivity contribution in [2.75, 3.05) is 71.0 Å². The number of ether oxygens (including phenoxy) is 5. The van der Waals surface area contributed by atoms with E-state index in [0.717, 1.165) is 42.9 Å². The molecule has 5 atom stereocenters. The molecule has 0 spiro atoms. The van der Waals surface area contributed by atoms with Crippen molar-refractivity contribution in [3.63, 3.8) is 0 Å². The van der Waals surface area contributed by atoms with E-state index in [9.17, 15) is 20.1 Å². The van der Waals surface area contributed by atoms with Gasteiger partial charge < -0.3 is 49.4 Å². The minimum atomic E-state index is -1.55. The van der Waals surface area contributed by atoms with E-state index in [-0.39, 0.29) is 19.6 Å². The van der Waals surface area contributed by atoms with Crippen LogP contribution < -0.4 is 5.32 Å². The second-order valence-electron chi connectivity index (χ2n) is 9.58. The molecule has 2 rings (SSSR count). The van der Waals surface area contributed by atoms with Crippen LogP contribution in [-0.2, 0) is 28.5 Å². The molecule has 41 heavy (non-hydrogen) atoms. The number of hydrogen-bond donors (Lipinski definition) is 5. The molecule has 0 bridgehead atoms. The Morgan fingerprint density at radius 3 is 2.10 bits per heavy atom. The van der Waals surface area contributed by atoms with Crippen LogP contribution in [0.15, 0.2) is 5.10 Å². The summed E-state index contributed by atoms with van der Waals surface area (Å²) < 4.78 is 26.8. The van der Waals surface area contributed by atoms with Crippen molar-refractivity contribution in [3.8, 4) is 0 Å². The number of nitrogens with zero attached hydrogens (tertiary/aromatic N) is 3. The first-order valence-electron chi connectivity index (χ1n) is 14.0. The molecule has 2 aliphatic rings. The van der Waals surface area contributed by atoms with Gasteiger partial charge in [-0.3, -0.25) is 4.79 Å². The van der Waals surface area contributed by atoms with Gasteiger partial charge in [0.15, 0.2) is 11.4 Å². The fourth-order valence-electron chi connectivity index (χ4n) is 4.10. The zero-order chi connectivity index (χ0) is 29.7. The molecule has 1 heterocycles. The van der Waals surface area contributed by atoms with Gasteiger partial charge in [0.2, 0.25) is 5.91 Å². The fraction of sp³-hybridized carbons (Fsp3) is 0.920. The number of amides is 1. The van der Waals surface area contributed by atoms with Crippen molar-refractivity contribution in [1.82, 2.24) is 5.32 Å². The molecule has 0 aromatic carbocycles. The van der Waals surface area contributed by atoms with Gasteiger partial charge in [-0.15, -0.1) is 0 Å². The summed E-state index contributed by atoms with van der Waals surface area (Å²) in [4.78, 5) is 12.0. The summed E-state index contributed by atoms with van der Waals surface area (Å²) in [5.41, 5.74) is 1.03. The van der Waals surface area contributed by atoms with E-state index in [2.05, 4.69) is 15.5 Å². The van der Waals surface area contributed by atoms with Gasteiger partial charge in [-0.25, -0.2) is 0 Å². The summed E-state index contributed by atoms with van der Waals surface area (Å²) in [5, 5.41) is 56.8. The number of carbonyl (C=O) groups is 1. The Balaban J connectivity index is 1.30. The lowest BCUT2D eigenvalue weighted by Gasteiger charge is -2.40. The van der Waals surface area contributed by atoms with Crippen molar-refractivity contribution >= 4 is 33.2 Å². The van der Waals surface area contributed by atoms with Crippen molar-refractivity contribution < 1.29 is 48.9 Å². The normalized spacial score (nSPS) is 25.0. The lowest BCUT2D eigenvalue weighted by molar-refractivity contribution is -0.253. The van der Waals surface area contributed by atoms with E-state index in [1.54, 1.807) is 10.8 Å². The summed E-state index contributed by atoms with van der Waals surface area (Å²) in [5.74, 6) is 1.94. The lowest BCUT2D eigenvalue weighted by Crippen LogP contribution is -2.64. The highest BCUT2D eigenvalue weighted by molar-refractivity contribution is 8.76. The highest BCUT2D eigenvalue weighted by Gasteiger charge is 2.44. The number of aliphatic hydroxyl groups is 4. The second-order valence-corrected chi connectivity index (χ2v) is 12.3. The number of rotatable bonds is 23. The fourth-order valence-corrected chi connectivity index (χ4v) is 6.04. The van der Waals surface area contributed by atoms with Gasteiger partial charge in [-0.2, -0.15) is 0 Å². The maximum Gasteiger partial charge on any atom is 0.338 e. The molecule has 1 saturated heterocycles. The van der Waals surface area contributed by atoms with Gasteiger partial charge in [0.05, 0.1) is 59.5 Å². The summed E-state index contributed by atoms with van der Waals surface area (Å²) in [7, 11) is 3.60. The van der Waals surface area contributed by atoms with Crippen molar-refractivity contribution in [2.45, 2.75) is 69.2 Å². The number of nitrogens with one attached hydrogen (secondary N) is 1. The smallest absolute Gasteiger partial charge is 0.338 e. The maximum absolute atomic E-state index is 12.0. The van der Waals surface area contributed by atoms with E-state index < -0.39 is 43.2 Å².